The summed E-state index contributed by atoms with van der Waals surface area (Å²) in [5.41, 5.74) is 3.30. The molecule has 1 rings (SSSR count). The second kappa shape index (κ2) is 11.1. The lowest BCUT2D eigenvalue weighted by Gasteiger charge is -2.24. The smallest absolute Gasteiger partial charge is 0.240 e. The molecule has 0 bridgehead atoms. The van der Waals surface area contributed by atoms with Crippen LogP contribution in [0.2, 0.25) is 0 Å². The van der Waals surface area contributed by atoms with Gasteiger partial charge in [-0.2, -0.15) is 0 Å². The van der Waals surface area contributed by atoms with Crippen LogP contribution >= 0.6 is 0 Å². The fourth-order valence-electron chi connectivity index (χ4n) is 2.33. The van der Waals surface area contributed by atoms with Crippen molar-refractivity contribution in [2.45, 2.75) is 41.0 Å². The number of hydrogen-bond donors (Lipinski definition) is 0. The van der Waals surface area contributed by atoms with E-state index in [1.165, 1.54) is 5.56 Å². The van der Waals surface area contributed by atoms with Crippen molar-refractivity contribution in [3.63, 3.8) is 0 Å². The van der Waals surface area contributed by atoms with Crippen LogP contribution in [0.5, 0.6) is 0 Å². The van der Waals surface area contributed by atoms with Gasteiger partial charge in [0.2, 0.25) is 5.91 Å². The molecule has 0 N–H and O–H groups in total. The summed E-state index contributed by atoms with van der Waals surface area (Å²) < 4.78 is 0. The molecule has 138 valence electrons. The molecule has 0 aliphatic carbocycles. The van der Waals surface area contributed by atoms with Crippen molar-refractivity contribution in [1.82, 2.24) is 4.90 Å². The molecule has 0 saturated carbocycles. The highest BCUT2D eigenvalue weighted by Crippen LogP contribution is 2.24. The number of anilines is 2. The van der Waals surface area contributed by atoms with Gasteiger partial charge in [-0.1, -0.05) is 33.8 Å². The summed E-state index contributed by atoms with van der Waals surface area (Å²) in [7, 11) is 7.90. The number of benzene rings is 1. The quantitative estimate of drug-likeness (QED) is 0.753. The van der Waals surface area contributed by atoms with Gasteiger partial charge in [-0.25, -0.2) is 0 Å². The van der Waals surface area contributed by atoms with Crippen LogP contribution in [-0.4, -0.2) is 52.1 Å². The van der Waals surface area contributed by atoms with E-state index in [9.17, 15) is 4.79 Å². The third-order valence-electron chi connectivity index (χ3n) is 3.93. The first-order chi connectivity index (χ1) is 11.2. The molecule has 0 aliphatic heterocycles. The van der Waals surface area contributed by atoms with Gasteiger partial charge in [0.15, 0.2) is 0 Å². The first-order valence-corrected chi connectivity index (χ1v) is 8.95. The number of likely N-dealkylation sites (N-methyl/N-ethyl adjacent to an activating group) is 2. The third-order valence-corrected chi connectivity index (χ3v) is 3.93. The number of hydrogen-bond acceptors (Lipinski definition) is 3. The number of rotatable bonds is 7. The van der Waals surface area contributed by atoms with E-state index in [0.717, 1.165) is 24.3 Å². The standard InChI is InChI=1S/C18H31N3O.C2H6/c1-14(2)10-11-20(6)13-18(22)21(7)16-9-8-15(3)17(12-16)19(4)5;1-2/h8-9,12,14H,10-11,13H2,1-7H3;1-2H3. The van der Waals surface area contributed by atoms with Gasteiger partial charge >= 0.3 is 0 Å². The minimum absolute atomic E-state index is 0.125. The molecular weight excluding hydrogens is 298 g/mol. The van der Waals surface area contributed by atoms with Crippen molar-refractivity contribution >= 4 is 17.3 Å². The van der Waals surface area contributed by atoms with Crippen molar-refractivity contribution in [2.75, 3.05) is 51.1 Å². The van der Waals surface area contributed by atoms with Gasteiger partial charge in [-0.15, -0.1) is 0 Å². The van der Waals surface area contributed by atoms with Gasteiger partial charge < -0.3 is 9.80 Å². The van der Waals surface area contributed by atoms with Gasteiger partial charge in [0, 0.05) is 32.5 Å². The minimum atomic E-state index is 0.125. The van der Waals surface area contributed by atoms with Crippen molar-refractivity contribution in [2.24, 2.45) is 5.92 Å². The van der Waals surface area contributed by atoms with Gasteiger partial charge in [-0.3, -0.25) is 9.69 Å². The van der Waals surface area contributed by atoms with Gasteiger partial charge in [0.25, 0.3) is 0 Å². The number of nitrogens with zero attached hydrogens (tertiary/aromatic N) is 3. The molecule has 4 heteroatoms. The SMILES string of the molecule is CC.Cc1ccc(N(C)C(=O)CN(C)CCC(C)C)cc1N(C)C. The molecule has 4 nitrogen and oxygen atoms in total. The Morgan fingerprint density at radius 1 is 1.08 bits per heavy atom. The van der Waals surface area contributed by atoms with Crippen molar-refractivity contribution in [3.8, 4) is 0 Å². The topological polar surface area (TPSA) is 26.8 Å². The zero-order valence-electron chi connectivity index (χ0n) is 17.2. The fraction of sp³-hybridized carbons (Fsp3) is 0.650. The van der Waals surface area contributed by atoms with Gasteiger partial charge in [0.05, 0.1) is 6.54 Å². The highest BCUT2D eigenvalue weighted by molar-refractivity contribution is 5.94. The zero-order valence-corrected chi connectivity index (χ0v) is 17.2. The van der Waals surface area contributed by atoms with Gasteiger partial charge in [0.1, 0.15) is 0 Å². The molecule has 0 radical (unpaired) electrons. The molecule has 0 saturated heterocycles. The molecule has 0 aromatic heterocycles. The number of amides is 1. The number of carbonyl (C=O) groups is 1. The molecule has 1 aromatic rings. The second-order valence-electron chi connectivity index (χ2n) is 6.74. The largest absolute Gasteiger partial charge is 0.377 e. The van der Waals surface area contributed by atoms with E-state index < -0.39 is 0 Å². The Hall–Kier alpha value is -1.55. The van der Waals surface area contributed by atoms with Crippen LogP contribution in [0, 0.1) is 12.8 Å². The molecule has 0 heterocycles. The lowest BCUT2D eigenvalue weighted by atomic mass is 10.1. The molecule has 1 aromatic carbocycles. The molecule has 0 spiro atoms. The molecule has 0 unspecified atom stereocenters. The molecule has 0 aliphatic rings. The minimum Gasteiger partial charge on any atom is -0.377 e. The van der Waals surface area contributed by atoms with Crippen molar-refractivity contribution in [1.29, 1.82) is 0 Å². The Balaban J connectivity index is 0.00000254. The normalized spacial score (nSPS) is 10.5. The van der Waals surface area contributed by atoms with E-state index in [2.05, 4.69) is 42.7 Å². The van der Waals surface area contributed by atoms with Crippen LogP contribution in [0.15, 0.2) is 18.2 Å². The summed E-state index contributed by atoms with van der Waals surface area (Å²) in [6.07, 6.45) is 1.11. The Labute approximate surface area is 149 Å². The van der Waals surface area contributed by atoms with E-state index in [4.69, 9.17) is 0 Å². The van der Waals surface area contributed by atoms with Crippen LogP contribution in [0.25, 0.3) is 0 Å². The zero-order chi connectivity index (χ0) is 18.9. The van der Waals surface area contributed by atoms with Gasteiger partial charge in [-0.05, 0) is 50.6 Å². The predicted molar refractivity (Wildman–Crippen MR) is 107 cm³/mol. The molecule has 0 atom stereocenters. The van der Waals surface area contributed by atoms with Crippen LogP contribution in [0.4, 0.5) is 11.4 Å². The van der Waals surface area contributed by atoms with E-state index in [0.29, 0.717) is 12.5 Å². The average Bonchev–Trinajstić information content (AvgIpc) is 2.54. The highest BCUT2D eigenvalue weighted by Gasteiger charge is 2.15. The molecule has 1 amide bonds. The number of aryl methyl sites for hydroxylation is 1. The first-order valence-electron chi connectivity index (χ1n) is 8.95. The van der Waals surface area contributed by atoms with Crippen LogP contribution in [-0.2, 0) is 4.79 Å². The summed E-state index contributed by atoms with van der Waals surface area (Å²) >= 11 is 0. The average molecular weight is 336 g/mol. The summed E-state index contributed by atoms with van der Waals surface area (Å²) in [4.78, 5) is 18.4. The van der Waals surface area contributed by atoms with E-state index in [-0.39, 0.29) is 5.91 Å². The van der Waals surface area contributed by atoms with Crippen LogP contribution in [0.3, 0.4) is 0 Å². The Morgan fingerprint density at radius 2 is 1.67 bits per heavy atom. The molecule has 0 fully saturated rings. The summed E-state index contributed by atoms with van der Waals surface area (Å²) in [5.74, 6) is 0.787. The lowest BCUT2D eigenvalue weighted by molar-refractivity contribution is -0.119. The highest BCUT2D eigenvalue weighted by atomic mass is 16.2. The molecular formula is C20H37N3O. The first kappa shape index (κ1) is 22.4. The fourth-order valence-corrected chi connectivity index (χ4v) is 2.33. The van der Waals surface area contributed by atoms with E-state index >= 15 is 0 Å². The van der Waals surface area contributed by atoms with E-state index in [1.807, 2.05) is 48.1 Å². The maximum absolute atomic E-state index is 12.4. The third kappa shape index (κ3) is 7.35. The molecule has 24 heavy (non-hydrogen) atoms. The Bertz CT molecular complexity index is 498. The summed E-state index contributed by atoms with van der Waals surface area (Å²) in [5, 5.41) is 0. The monoisotopic (exact) mass is 335 g/mol. The van der Waals surface area contributed by atoms with E-state index in [1.54, 1.807) is 4.90 Å². The number of carbonyl (C=O) groups excluding carboxylic acids is 1. The Morgan fingerprint density at radius 3 is 2.17 bits per heavy atom. The predicted octanol–water partition coefficient (Wildman–Crippen LogP) is 4.03. The van der Waals surface area contributed by atoms with Crippen LogP contribution < -0.4 is 9.80 Å². The summed E-state index contributed by atoms with van der Waals surface area (Å²) in [6, 6.07) is 6.15. The maximum atomic E-state index is 12.4. The summed E-state index contributed by atoms with van der Waals surface area (Å²) in [6.45, 7) is 11.9. The lowest BCUT2D eigenvalue weighted by Crippen LogP contribution is -2.37. The van der Waals surface area contributed by atoms with Crippen LogP contribution in [0.1, 0.15) is 39.7 Å². The second-order valence-corrected chi connectivity index (χ2v) is 6.74. The maximum Gasteiger partial charge on any atom is 0.240 e. The van der Waals surface area contributed by atoms with Crippen molar-refractivity contribution in [3.05, 3.63) is 23.8 Å². The van der Waals surface area contributed by atoms with Crippen molar-refractivity contribution < 1.29 is 4.79 Å². The Kier molecular flexibility index (Phi) is 10.4.